The summed E-state index contributed by atoms with van der Waals surface area (Å²) in [5.41, 5.74) is 0. The highest BCUT2D eigenvalue weighted by molar-refractivity contribution is 5.55. The van der Waals surface area contributed by atoms with E-state index in [9.17, 15) is 13.2 Å². The second-order valence-corrected chi connectivity index (χ2v) is 1.17. The summed E-state index contributed by atoms with van der Waals surface area (Å²) in [6.07, 6.45) is -5.25. The number of rotatable bonds is 0. The zero-order valence-corrected chi connectivity index (χ0v) is 7.48. The second kappa shape index (κ2) is 22.7. The normalized spacial score (nSPS) is 5.87. The summed E-state index contributed by atoms with van der Waals surface area (Å²) in [4.78, 5) is 25.0. The lowest BCUT2D eigenvalue weighted by Crippen LogP contribution is -1.69. The first-order valence-electron chi connectivity index (χ1n) is 2.84. The van der Waals surface area contributed by atoms with Crippen molar-refractivity contribution in [3.05, 3.63) is 12.7 Å². The molecule has 0 amide bonds. The van der Waals surface area contributed by atoms with Crippen molar-refractivity contribution in [3.63, 3.8) is 0 Å². The Morgan fingerprint density at radius 3 is 0.933 bits per heavy atom. The fraction of sp³-hybridized carbons (Fsp3) is 0.167. The van der Waals surface area contributed by atoms with E-state index in [1.807, 2.05) is 6.92 Å². The molecule has 0 aliphatic carbocycles. The first-order valence-corrected chi connectivity index (χ1v) is 2.84. The molecule has 0 fully saturated rings. The van der Waals surface area contributed by atoms with Gasteiger partial charge in [-0.1, -0.05) is 6.08 Å². The predicted molar refractivity (Wildman–Crippen MR) is 43.3 cm³/mol. The van der Waals surface area contributed by atoms with Crippen molar-refractivity contribution in [2.24, 2.45) is 0 Å². The maximum absolute atomic E-state index is 9.92. The van der Waals surface area contributed by atoms with E-state index in [1.165, 1.54) is 0 Å². The summed E-state index contributed by atoms with van der Waals surface area (Å²) in [5, 5.41) is 20.2. The van der Waals surface area contributed by atoms with Gasteiger partial charge in [-0.2, -0.15) is 0 Å². The largest absolute Gasteiger partial charge is 0.492 e. The van der Waals surface area contributed by atoms with Crippen molar-refractivity contribution in [2.75, 3.05) is 0 Å². The minimum atomic E-state index is -2.33. The van der Waals surface area contributed by atoms with Crippen LogP contribution in [0.25, 0.3) is 0 Å². The van der Waals surface area contributed by atoms with Crippen LogP contribution in [0.5, 0.6) is 0 Å². The monoisotopic (exact) mass is 234 g/mol. The number of hydrogen-bond acceptors (Lipinski definition) is 3. The quantitative estimate of drug-likeness (QED) is 0.438. The number of carboxylic acid groups (broad SMARTS) is 3. The topological polar surface area (TPSA) is 112 Å². The Balaban J connectivity index is -0.0000000542. The van der Waals surface area contributed by atoms with Crippen LogP contribution in [0.3, 0.4) is 0 Å². The molecule has 0 aromatic rings. The van der Waals surface area contributed by atoms with Crippen LogP contribution in [0.4, 0.5) is 27.6 Å². The fourth-order valence-corrected chi connectivity index (χ4v) is 0. The Hall–Kier alpha value is -2.06. The second-order valence-electron chi connectivity index (χ2n) is 1.17. The minimum Gasteiger partial charge on any atom is -0.456 e. The average Bonchev–Trinajstić information content (AvgIpc) is 1.81. The summed E-state index contributed by atoms with van der Waals surface area (Å²) in [5.74, 6) is 0. The average molecular weight is 234 g/mol. The zero-order valence-electron chi connectivity index (χ0n) is 7.48. The number of hydrogen-bond donors (Lipinski definition) is 3. The van der Waals surface area contributed by atoms with Crippen LogP contribution >= 0.6 is 0 Å². The fourth-order valence-electron chi connectivity index (χ4n) is 0. The molecule has 90 valence electrons. The van der Waals surface area contributed by atoms with Crippen LogP contribution in [0.2, 0.25) is 0 Å². The van der Waals surface area contributed by atoms with Crippen molar-refractivity contribution in [1.82, 2.24) is 0 Å². The van der Waals surface area contributed by atoms with E-state index < -0.39 is 18.7 Å². The highest BCUT2D eigenvalue weighted by Gasteiger charge is 1.75. The molecule has 0 aliphatic heterocycles. The molecule has 0 aromatic heterocycles. The summed E-state index contributed by atoms with van der Waals surface area (Å²) >= 11 is 0. The van der Waals surface area contributed by atoms with Gasteiger partial charge in [-0.3, -0.25) is 0 Å². The molecule has 3 N–H and O–H groups in total. The molecule has 15 heavy (non-hydrogen) atoms. The molecule has 0 aliphatic rings. The molecule has 0 saturated heterocycles. The third kappa shape index (κ3) is 278. The maximum atomic E-state index is 9.92. The Kier molecular flexibility index (Phi) is 34.9. The summed E-state index contributed by atoms with van der Waals surface area (Å²) < 4.78 is 29.8. The van der Waals surface area contributed by atoms with E-state index in [0.717, 1.165) is 0 Å². The van der Waals surface area contributed by atoms with Gasteiger partial charge in [0.25, 0.3) is 0 Å². The van der Waals surface area contributed by atoms with Gasteiger partial charge in [-0.25, -0.2) is 14.4 Å². The van der Waals surface area contributed by atoms with Gasteiger partial charge in [-0.05, 0) is 6.92 Å². The molecule has 0 radical (unpaired) electrons. The van der Waals surface area contributed by atoms with Crippen LogP contribution in [-0.4, -0.2) is 34.0 Å². The Bertz CT molecular complexity index is 153. The lowest BCUT2D eigenvalue weighted by molar-refractivity contribution is 0.167. The molecule has 0 bridgehead atoms. The van der Waals surface area contributed by atoms with Crippen molar-refractivity contribution in [1.29, 1.82) is 0 Å². The van der Waals surface area contributed by atoms with Crippen LogP contribution in [0.1, 0.15) is 6.92 Å². The van der Waals surface area contributed by atoms with E-state index in [1.54, 1.807) is 6.08 Å². The number of halogens is 3. The molecular weight excluding hydrogens is 225 g/mol. The van der Waals surface area contributed by atoms with E-state index >= 15 is 0 Å². The lowest BCUT2D eigenvalue weighted by Gasteiger charge is -1.53. The number of carbonyl (C=O) groups is 3. The van der Waals surface area contributed by atoms with Gasteiger partial charge in [0, 0.05) is 0 Å². The summed E-state index contributed by atoms with van der Waals surface area (Å²) in [6, 6.07) is 0. The first kappa shape index (κ1) is 23.1. The third-order valence-electron chi connectivity index (χ3n) is 0. The summed E-state index contributed by atoms with van der Waals surface area (Å²) in [6.45, 7) is 5.25. The standard InChI is InChI=1S/C3H6.3CHFO2/c1-3-2;3*2-1(3)4/h3H,1H2,2H3;3*(H,3,4). The Morgan fingerprint density at radius 2 is 0.933 bits per heavy atom. The predicted octanol–water partition coefficient (Wildman–Crippen LogP) is 3.09. The molecule has 0 spiro atoms. The molecule has 0 aromatic carbocycles. The van der Waals surface area contributed by atoms with Crippen molar-refractivity contribution in [3.8, 4) is 0 Å². The van der Waals surface area contributed by atoms with Crippen LogP contribution in [0, 0.1) is 0 Å². The number of allylic oxidation sites excluding steroid dienone is 1. The smallest absolute Gasteiger partial charge is 0.456 e. The molecule has 9 heteroatoms. The van der Waals surface area contributed by atoms with Gasteiger partial charge in [0.2, 0.25) is 0 Å². The zero-order chi connectivity index (χ0) is 13.4. The molecule has 0 heterocycles. The van der Waals surface area contributed by atoms with Crippen LogP contribution < -0.4 is 0 Å². The van der Waals surface area contributed by atoms with Gasteiger partial charge in [0.05, 0.1) is 0 Å². The van der Waals surface area contributed by atoms with Gasteiger partial charge < -0.3 is 15.3 Å². The molecule has 6 nitrogen and oxygen atoms in total. The maximum Gasteiger partial charge on any atom is 0.492 e. The molecular formula is C6H9F3O6. The van der Waals surface area contributed by atoms with E-state index in [0.29, 0.717) is 0 Å². The Labute approximate surface area is 82.3 Å². The highest BCUT2D eigenvalue weighted by atomic mass is 19.2. The van der Waals surface area contributed by atoms with Gasteiger partial charge in [-0.15, -0.1) is 19.8 Å². The van der Waals surface area contributed by atoms with Crippen molar-refractivity contribution in [2.45, 2.75) is 6.92 Å². The van der Waals surface area contributed by atoms with Crippen LogP contribution in [0.15, 0.2) is 12.7 Å². The van der Waals surface area contributed by atoms with Crippen molar-refractivity contribution >= 4 is 18.7 Å². The first-order chi connectivity index (χ1) is 6.61. The van der Waals surface area contributed by atoms with Crippen molar-refractivity contribution < 1.29 is 42.9 Å². The SMILES string of the molecule is C=CC.O=C(O)F.O=C(O)F.O=C(O)F. The molecule has 0 saturated carbocycles. The van der Waals surface area contributed by atoms with E-state index in [2.05, 4.69) is 6.58 Å². The van der Waals surface area contributed by atoms with Gasteiger partial charge >= 0.3 is 18.7 Å². The third-order valence-corrected chi connectivity index (χ3v) is 0. The van der Waals surface area contributed by atoms with Gasteiger partial charge in [0.15, 0.2) is 0 Å². The van der Waals surface area contributed by atoms with Gasteiger partial charge in [0.1, 0.15) is 0 Å². The minimum absolute atomic E-state index is 1.75. The molecule has 0 rings (SSSR count). The summed E-state index contributed by atoms with van der Waals surface area (Å²) in [7, 11) is 0. The highest BCUT2D eigenvalue weighted by Crippen LogP contribution is 1.59. The van der Waals surface area contributed by atoms with E-state index in [4.69, 9.17) is 29.7 Å². The molecule has 0 unspecified atom stereocenters. The lowest BCUT2D eigenvalue weighted by atomic mass is 10.8. The Morgan fingerprint density at radius 1 is 0.933 bits per heavy atom. The molecule has 0 atom stereocenters. The van der Waals surface area contributed by atoms with E-state index in [-0.39, 0.29) is 0 Å². The van der Waals surface area contributed by atoms with Crippen LogP contribution in [-0.2, 0) is 0 Å².